The Balaban J connectivity index is 1.53. The summed E-state index contributed by atoms with van der Waals surface area (Å²) in [5.74, 6) is -0.0201. The van der Waals surface area contributed by atoms with Gasteiger partial charge in [-0.15, -0.1) is 10.2 Å². The number of halogens is 1. The second-order valence-electron chi connectivity index (χ2n) is 10.7. The highest BCUT2D eigenvalue weighted by Gasteiger charge is 2.17. The van der Waals surface area contributed by atoms with E-state index in [4.69, 9.17) is 30.5 Å². The van der Waals surface area contributed by atoms with E-state index in [0.717, 1.165) is 44.6 Å². The van der Waals surface area contributed by atoms with Crippen molar-refractivity contribution in [2.45, 2.75) is 52.4 Å². The largest absolute Gasteiger partial charge is 0.494 e. The highest BCUT2D eigenvalue weighted by Crippen LogP contribution is 2.36. The van der Waals surface area contributed by atoms with Gasteiger partial charge < -0.3 is 18.9 Å². The van der Waals surface area contributed by atoms with Gasteiger partial charge in [0.15, 0.2) is 5.75 Å². The number of non-ortho nitro benzene ring substituents is 1. The number of nitrogens with zero attached hydrogens (tertiary/aromatic N) is 3. The predicted octanol–water partition coefficient (Wildman–Crippen LogP) is 10.2. The highest BCUT2D eigenvalue weighted by atomic mass is 35.5. The lowest BCUT2D eigenvalue weighted by Crippen LogP contribution is -2.10. The maximum atomic E-state index is 13.2. The van der Waals surface area contributed by atoms with Gasteiger partial charge in [-0.05, 0) is 79.6 Å². The lowest BCUT2D eigenvalue weighted by molar-refractivity contribution is -0.384. The molecule has 0 aliphatic rings. The standard InChI is InChI=1S/C36H36ClN3O8/c1-3-5-7-21-45-28-14-9-25(10-15-28)35(41)47-30-18-20-33(39-38-32-19-13-27(40(43)44)23-31(32)37)34(24-30)48-36(42)26-11-16-29(17-12-26)46-22-8-6-4-2/h9-20,23-24H,3-8,21-22H2,1-2H3. The predicted molar refractivity (Wildman–Crippen MR) is 182 cm³/mol. The summed E-state index contributed by atoms with van der Waals surface area (Å²) in [6, 6.07) is 21.1. The molecule has 0 amide bonds. The van der Waals surface area contributed by atoms with E-state index in [-0.39, 0.29) is 39.1 Å². The first-order valence-corrected chi connectivity index (χ1v) is 16.0. The average Bonchev–Trinajstić information content (AvgIpc) is 3.09. The molecule has 0 saturated carbocycles. The van der Waals surface area contributed by atoms with Crippen LogP contribution in [0.4, 0.5) is 17.1 Å². The zero-order valence-electron chi connectivity index (χ0n) is 26.7. The molecule has 12 heteroatoms. The lowest BCUT2D eigenvalue weighted by Gasteiger charge is -2.11. The number of hydrogen-bond acceptors (Lipinski definition) is 10. The summed E-state index contributed by atoms with van der Waals surface area (Å²) in [6.45, 7) is 5.40. The Hall–Kier alpha value is -5.29. The first-order valence-electron chi connectivity index (χ1n) is 15.7. The normalized spacial score (nSPS) is 10.9. The molecule has 0 N–H and O–H groups in total. The molecule has 4 aromatic carbocycles. The molecule has 250 valence electrons. The summed E-state index contributed by atoms with van der Waals surface area (Å²) in [5, 5.41) is 19.3. The van der Waals surface area contributed by atoms with E-state index in [1.165, 1.54) is 30.3 Å². The van der Waals surface area contributed by atoms with Crippen molar-refractivity contribution in [3.63, 3.8) is 0 Å². The summed E-state index contributed by atoms with van der Waals surface area (Å²) in [5.41, 5.74) is 0.603. The lowest BCUT2D eigenvalue weighted by atomic mass is 10.2. The number of carbonyl (C=O) groups is 2. The smallest absolute Gasteiger partial charge is 0.343 e. The van der Waals surface area contributed by atoms with Gasteiger partial charge in [0.25, 0.3) is 5.69 Å². The molecule has 48 heavy (non-hydrogen) atoms. The molecule has 4 aromatic rings. The van der Waals surface area contributed by atoms with Crippen LogP contribution >= 0.6 is 11.6 Å². The van der Waals surface area contributed by atoms with Gasteiger partial charge in [-0.3, -0.25) is 10.1 Å². The van der Waals surface area contributed by atoms with Crippen LogP contribution in [0.15, 0.2) is 95.2 Å². The molecule has 0 spiro atoms. The Labute approximate surface area is 283 Å². The van der Waals surface area contributed by atoms with Crippen LogP contribution in [0.3, 0.4) is 0 Å². The number of rotatable bonds is 17. The minimum Gasteiger partial charge on any atom is -0.494 e. The SMILES string of the molecule is CCCCCOc1ccc(C(=O)Oc2ccc(N=Nc3ccc([N+](=O)[O-])cc3Cl)c(OC(=O)c3ccc(OCCCCC)cc3)c2)cc1. The van der Waals surface area contributed by atoms with Gasteiger partial charge in [-0.2, -0.15) is 0 Å². The molecule has 0 saturated heterocycles. The van der Waals surface area contributed by atoms with Crippen molar-refractivity contribution in [2.75, 3.05) is 13.2 Å². The van der Waals surface area contributed by atoms with Crippen molar-refractivity contribution in [2.24, 2.45) is 10.2 Å². The van der Waals surface area contributed by atoms with Gasteiger partial charge >= 0.3 is 11.9 Å². The van der Waals surface area contributed by atoms with Crippen molar-refractivity contribution in [1.82, 2.24) is 0 Å². The monoisotopic (exact) mass is 673 g/mol. The van der Waals surface area contributed by atoms with E-state index in [0.29, 0.717) is 30.3 Å². The fraction of sp³-hybridized carbons (Fsp3) is 0.278. The van der Waals surface area contributed by atoms with Crippen LogP contribution in [0, 0.1) is 10.1 Å². The van der Waals surface area contributed by atoms with Gasteiger partial charge in [0.1, 0.15) is 28.6 Å². The third-order valence-corrected chi connectivity index (χ3v) is 7.27. The Morgan fingerprint density at radius 3 is 1.69 bits per heavy atom. The zero-order valence-corrected chi connectivity index (χ0v) is 27.5. The van der Waals surface area contributed by atoms with Crippen LogP contribution in [-0.2, 0) is 0 Å². The number of unbranched alkanes of at least 4 members (excludes halogenated alkanes) is 4. The molecule has 0 radical (unpaired) electrons. The fourth-order valence-electron chi connectivity index (χ4n) is 4.30. The third-order valence-electron chi connectivity index (χ3n) is 6.97. The summed E-state index contributed by atoms with van der Waals surface area (Å²) < 4.78 is 22.7. The number of carbonyl (C=O) groups excluding carboxylic acids is 2. The van der Waals surface area contributed by atoms with Crippen molar-refractivity contribution >= 4 is 40.6 Å². The van der Waals surface area contributed by atoms with Gasteiger partial charge in [0, 0.05) is 18.2 Å². The van der Waals surface area contributed by atoms with Crippen LogP contribution in [-0.4, -0.2) is 30.1 Å². The van der Waals surface area contributed by atoms with E-state index >= 15 is 0 Å². The van der Waals surface area contributed by atoms with Crippen molar-refractivity contribution < 1.29 is 33.5 Å². The minimum absolute atomic E-state index is 0.00595. The van der Waals surface area contributed by atoms with Gasteiger partial charge in [-0.25, -0.2) is 9.59 Å². The molecule has 4 rings (SSSR count). The second-order valence-corrected chi connectivity index (χ2v) is 11.1. The average molecular weight is 674 g/mol. The summed E-state index contributed by atoms with van der Waals surface area (Å²) in [7, 11) is 0. The molecule has 0 atom stereocenters. The topological polar surface area (TPSA) is 139 Å². The van der Waals surface area contributed by atoms with Crippen molar-refractivity contribution in [1.29, 1.82) is 0 Å². The van der Waals surface area contributed by atoms with Crippen LogP contribution in [0.1, 0.15) is 73.1 Å². The van der Waals surface area contributed by atoms with Crippen molar-refractivity contribution in [3.05, 3.63) is 111 Å². The Bertz CT molecular complexity index is 1730. The van der Waals surface area contributed by atoms with Crippen molar-refractivity contribution in [3.8, 4) is 23.0 Å². The molecule has 0 unspecified atom stereocenters. The van der Waals surface area contributed by atoms with Crippen LogP contribution in [0.5, 0.6) is 23.0 Å². The van der Waals surface area contributed by atoms with E-state index in [2.05, 4.69) is 24.1 Å². The summed E-state index contributed by atoms with van der Waals surface area (Å²) in [6.07, 6.45) is 6.20. The van der Waals surface area contributed by atoms with E-state index in [1.54, 1.807) is 48.5 Å². The number of hydrogen-bond donors (Lipinski definition) is 0. The molecule has 0 aromatic heterocycles. The third kappa shape index (κ3) is 10.6. The van der Waals surface area contributed by atoms with Gasteiger partial charge in [0.2, 0.25) is 0 Å². The number of azo groups is 1. The number of nitro benzene ring substituents is 1. The molecule has 0 aliphatic carbocycles. The molecule has 0 bridgehead atoms. The summed E-state index contributed by atoms with van der Waals surface area (Å²) >= 11 is 6.17. The van der Waals surface area contributed by atoms with E-state index in [9.17, 15) is 19.7 Å². The number of benzene rings is 4. The quantitative estimate of drug-likeness (QED) is 0.0269. The van der Waals surface area contributed by atoms with Crippen LogP contribution < -0.4 is 18.9 Å². The van der Waals surface area contributed by atoms with Gasteiger partial charge in [0.05, 0.1) is 34.3 Å². The highest BCUT2D eigenvalue weighted by molar-refractivity contribution is 6.33. The van der Waals surface area contributed by atoms with E-state index in [1.807, 2.05) is 0 Å². The number of ether oxygens (including phenoxy) is 4. The first-order chi connectivity index (χ1) is 23.3. The molecule has 0 fully saturated rings. The minimum atomic E-state index is -0.699. The maximum Gasteiger partial charge on any atom is 0.343 e. The maximum absolute atomic E-state index is 13.2. The molecule has 11 nitrogen and oxygen atoms in total. The first kappa shape index (κ1) is 35.6. The summed E-state index contributed by atoms with van der Waals surface area (Å²) in [4.78, 5) is 36.6. The molecular formula is C36H36ClN3O8. The number of nitro groups is 1. The molecule has 0 heterocycles. The van der Waals surface area contributed by atoms with Crippen LogP contribution in [0.25, 0.3) is 0 Å². The Morgan fingerprint density at radius 1 is 0.667 bits per heavy atom. The Morgan fingerprint density at radius 2 is 1.17 bits per heavy atom. The second kappa shape index (κ2) is 18.2. The fourth-order valence-corrected chi connectivity index (χ4v) is 4.52. The molecular weight excluding hydrogens is 638 g/mol. The Kier molecular flexibility index (Phi) is 13.4. The van der Waals surface area contributed by atoms with Crippen LogP contribution in [0.2, 0.25) is 5.02 Å². The molecule has 0 aliphatic heterocycles. The van der Waals surface area contributed by atoms with Gasteiger partial charge in [-0.1, -0.05) is 51.1 Å². The number of esters is 2. The van der Waals surface area contributed by atoms with E-state index < -0.39 is 16.9 Å². The zero-order chi connectivity index (χ0) is 34.3.